The van der Waals surface area contributed by atoms with E-state index in [1.807, 2.05) is 55.5 Å². The smallest absolute Gasteiger partial charge is 0.363 e. The minimum Gasteiger partial charge on any atom is -0.407 e. The number of halogens is 1. The van der Waals surface area contributed by atoms with E-state index in [0.29, 0.717) is 23.0 Å². The highest BCUT2D eigenvalue weighted by atomic mass is 35.5. The van der Waals surface area contributed by atoms with Gasteiger partial charge < -0.3 is 4.74 Å². The average Bonchev–Trinajstić information content (AvgIpc) is 2.88. The van der Waals surface area contributed by atoms with Gasteiger partial charge in [-0.2, -0.15) is 0 Å². The van der Waals surface area contributed by atoms with E-state index in [1.54, 1.807) is 6.08 Å². The largest absolute Gasteiger partial charge is 0.407 e. The van der Waals surface area contributed by atoms with E-state index in [1.165, 1.54) is 5.56 Å². The summed E-state index contributed by atoms with van der Waals surface area (Å²) in [6.45, 7) is 2.02. The lowest BCUT2D eigenvalue weighted by Gasteiger charge is -2.01. The first-order valence-electron chi connectivity index (χ1n) is 7.43. The van der Waals surface area contributed by atoms with Gasteiger partial charge in [0.05, 0.1) is 0 Å². The number of nitrogens with zero attached hydrogens (tertiary/aromatic N) is 1. The van der Waals surface area contributed by atoms with E-state index in [0.717, 1.165) is 17.5 Å². The number of cyclic esters (lactones) is 1. The topological polar surface area (TPSA) is 38.7 Å². The van der Waals surface area contributed by atoms with Crippen LogP contribution in [0.3, 0.4) is 0 Å². The summed E-state index contributed by atoms with van der Waals surface area (Å²) < 4.78 is 5.23. The molecule has 1 aliphatic heterocycles. The normalized spacial score (nSPS) is 15.7. The summed E-state index contributed by atoms with van der Waals surface area (Å²) in [6, 6.07) is 15.5. The molecule has 0 bridgehead atoms. The molecule has 0 N–H and O–H groups in total. The van der Waals surface area contributed by atoms with Crippen molar-refractivity contribution in [1.82, 2.24) is 0 Å². The van der Waals surface area contributed by atoms with Crippen molar-refractivity contribution >= 4 is 29.5 Å². The van der Waals surface area contributed by atoms with Gasteiger partial charge in [-0.15, -0.1) is 0 Å². The van der Waals surface area contributed by atoms with Gasteiger partial charge in [0, 0.05) is 11.4 Å². The van der Waals surface area contributed by atoms with Gasteiger partial charge in [0.1, 0.15) is 0 Å². The number of aryl methyl sites for hydroxylation is 2. The predicted molar refractivity (Wildman–Crippen MR) is 92.5 cm³/mol. The maximum Gasteiger partial charge on any atom is 0.363 e. The lowest BCUT2D eigenvalue weighted by Crippen LogP contribution is -2.05. The number of aliphatic imine (C=N–C) groups is 1. The monoisotopic (exact) mass is 325 g/mol. The Balaban J connectivity index is 1.70. The van der Waals surface area contributed by atoms with Crippen molar-refractivity contribution in [3.63, 3.8) is 0 Å². The second kappa shape index (κ2) is 6.80. The molecule has 0 saturated carbocycles. The SMILES string of the molecule is Cc1ccc(/C=C2/N=C(CCc3cccc(Cl)c3)OC2=O)cc1. The van der Waals surface area contributed by atoms with Crippen LogP contribution in [-0.4, -0.2) is 11.9 Å². The highest BCUT2D eigenvalue weighted by Crippen LogP contribution is 2.19. The fourth-order valence-electron chi connectivity index (χ4n) is 2.32. The second-order valence-electron chi connectivity index (χ2n) is 5.47. The molecule has 0 atom stereocenters. The number of hydrogen-bond acceptors (Lipinski definition) is 3. The summed E-state index contributed by atoms with van der Waals surface area (Å²) in [5, 5.41) is 0.702. The highest BCUT2D eigenvalue weighted by Gasteiger charge is 2.22. The minimum atomic E-state index is -0.397. The van der Waals surface area contributed by atoms with Crippen molar-refractivity contribution in [2.75, 3.05) is 0 Å². The Hall–Kier alpha value is -2.39. The van der Waals surface area contributed by atoms with Crippen LogP contribution in [0, 0.1) is 6.92 Å². The van der Waals surface area contributed by atoms with Gasteiger partial charge in [-0.3, -0.25) is 0 Å². The zero-order valence-corrected chi connectivity index (χ0v) is 13.5. The van der Waals surface area contributed by atoms with Gasteiger partial charge in [0.2, 0.25) is 0 Å². The van der Waals surface area contributed by atoms with Crippen LogP contribution < -0.4 is 0 Å². The number of carbonyl (C=O) groups is 1. The molecular weight excluding hydrogens is 310 g/mol. The van der Waals surface area contributed by atoms with E-state index in [2.05, 4.69) is 4.99 Å². The third-order valence-electron chi connectivity index (χ3n) is 3.56. The third kappa shape index (κ3) is 4.08. The molecule has 0 saturated heterocycles. The lowest BCUT2D eigenvalue weighted by molar-refractivity contribution is -0.130. The van der Waals surface area contributed by atoms with Crippen molar-refractivity contribution < 1.29 is 9.53 Å². The molecule has 1 aliphatic rings. The Labute approximate surface area is 140 Å². The summed E-state index contributed by atoms with van der Waals surface area (Å²) in [6.07, 6.45) is 3.04. The number of carbonyl (C=O) groups excluding carboxylic acids is 1. The van der Waals surface area contributed by atoms with Gasteiger partial charge in [-0.1, -0.05) is 53.6 Å². The van der Waals surface area contributed by atoms with Crippen LogP contribution in [0.5, 0.6) is 0 Å². The average molecular weight is 326 g/mol. The van der Waals surface area contributed by atoms with Gasteiger partial charge in [-0.05, 0) is 42.7 Å². The molecule has 2 aromatic carbocycles. The van der Waals surface area contributed by atoms with Crippen molar-refractivity contribution in [2.24, 2.45) is 4.99 Å². The minimum absolute atomic E-state index is 0.343. The first-order chi connectivity index (χ1) is 11.1. The van der Waals surface area contributed by atoms with Crippen LogP contribution in [0.2, 0.25) is 5.02 Å². The van der Waals surface area contributed by atoms with Gasteiger partial charge in [0.25, 0.3) is 0 Å². The van der Waals surface area contributed by atoms with Gasteiger partial charge in [0.15, 0.2) is 11.6 Å². The van der Waals surface area contributed by atoms with Crippen molar-refractivity contribution in [2.45, 2.75) is 19.8 Å². The van der Waals surface area contributed by atoms with Crippen LogP contribution in [0.15, 0.2) is 59.2 Å². The maximum absolute atomic E-state index is 11.9. The Bertz CT molecular complexity index is 791. The molecule has 3 nitrogen and oxygen atoms in total. The first-order valence-corrected chi connectivity index (χ1v) is 7.80. The summed E-state index contributed by atoms with van der Waals surface area (Å²) in [4.78, 5) is 16.2. The summed E-state index contributed by atoms with van der Waals surface area (Å²) in [7, 11) is 0. The quantitative estimate of drug-likeness (QED) is 0.609. The Morgan fingerprint density at radius 2 is 1.91 bits per heavy atom. The number of ether oxygens (including phenoxy) is 1. The Kier molecular flexibility index (Phi) is 4.58. The van der Waals surface area contributed by atoms with Crippen LogP contribution in [0.4, 0.5) is 0 Å². The molecule has 0 aliphatic carbocycles. The molecule has 3 rings (SSSR count). The molecule has 0 spiro atoms. The van der Waals surface area contributed by atoms with Crippen molar-refractivity contribution in [3.05, 3.63) is 75.9 Å². The summed E-state index contributed by atoms with van der Waals surface area (Å²) in [5.41, 5.74) is 3.54. The van der Waals surface area contributed by atoms with Gasteiger partial charge >= 0.3 is 5.97 Å². The summed E-state index contributed by atoms with van der Waals surface area (Å²) >= 11 is 5.96. The van der Waals surface area contributed by atoms with E-state index >= 15 is 0 Å². The molecule has 4 heteroatoms. The van der Waals surface area contributed by atoms with E-state index in [-0.39, 0.29) is 0 Å². The zero-order valence-electron chi connectivity index (χ0n) is 12.8. The van der Waals surface area contributed by atoms with Crippen LogP contribution in [0.1, 0.15) is 23.1 Å². The molecule has 0 aromatic heterocycles. The molecule has 2 aromatic rings. The van der Waals surface area contributed by atoms with Crippen LogP contribution in [-0.2, 0) is 16.0 Å². The predicted octanol–water partition coefficient (Wildman–Crippen LogP) is 4.58. The van der Waals surface area contributed by atoms with Crippen LogP contribution in [0.25, 0.3) is 6.08 Å². The number of benzene rings is 2. The molecule has 23 heavy (non-hydrogen) atoms. The molecule has 1 heterocycles. The molecule has 0 fully saturated rings. The van der Waals surface area contributed by atoms with Crippen molar-refractivity contribution in [3.8, 4) is 0 Å². The molecule has 116 valence electrons. The first kappa shape index (κ1) is 15.5. The Morgan fingerprint density at radius 1 is 1.13 bits per heavy atom. The van der Waals surface area contributed by atoms with Crippen LogP contribution >= 0.6 is 11.6 Å². The molecule has 0 amide bonds. The fraction of sp³-hybridized carbons (Fsp3) is 0.158. The standard InChI is InChI=1S/C19H16ClNO2/c1-13-5-7-15(8-6-13)12-17-19(22)23-18(21-17)10-9-14-3-2-4-16(20)11-14/h2-8,11-12H,9-10H2,1H3/b17-12+. The second-order valence-corrected chi connectivity index (χ2v) is 5.90. The fourth-order valence-corrected chi connectivity index (χ4v) is 2.54. The zero-order chi connectivity index (χ0) is 16.2. The van der Waals surface area contributed by atoms with Gasteiger partial charge in [-0.25, -0.2) is 9.79 Å². The molecule has 0 unspecified atom stereocenters. The number of rotatable bonds is 4. The third-order valence-corrected chi connectivity index (χ3v) is 3.80. The number of hydrogen-bond donors (Lipinski definition) is 0. The molecular formula is C19H16ClNO2. The highest BCUT2D eigenvalue weighted by molar-refractivity contribution is 6.30. The number of esters is 1. The van der Waals surface area contributed by atoms with E-state index < -0.39 is 5.97 Å². The lowest BCUT2D eigenvalue weighted by atomic mass is 10.1. The van der Waals surface area contributed by atoms with E-state index in [4.69, 9.17) is 16.3 Å². The van der Waals surface area contributed by atoms with Crippen molar-refractivity contribution in [1.29, 1.82) is 0 Å². The van der Waals surface area contributed by atoms with E-state index in [9.17, 15) is 4.79 Å². The Morgan fingerprint density at radius 3 is 2.65 bits per heavy atom. The molecule has 0 radical (unpaired) electrons. The summed E-state index contributed by atoms with van der Waals surface area (Å²) in [5.74, 6) is 0.0556. The maximum atomic E-state index is 11.9.